The maximum Gasteiger partial charge on any atom is 0.490 e. The molecule has 1 atom stereocenters. The van der Waals surface area contributed by atoms with Crippen LogP contribution in [0.25, 0.3) is 0 Å². The molecule has 1 aromatic rings. The molecule has 1 saturated carbocycles. The summed E-state index contributed by atoms with van der Waals surface area (Å²) in [6.07, 6.45) is 5.00. The molecule has 0 aromatic carbocycles. The Morgan fingerprint density at radius 1 is 1.23 bits per heavy atom. The normalized spacial score (nSPS) is 23.6. The second kappa shape index (κ2) is 10.0. The molecule has 31 heavy (non-hydrogen) atoms. The van der Waals surface area contributed by atoms with E-state index in [2.05, 4.69) is 10.2 Å². The number of piperidine rings is 1. The fourth-order valence-electron chi connectivity index (χ4n) is 4.26. The van der Waals surface area contributed by atoms with Crippen LogP contribution >= 0.6 is 0 Å². The van der Waals surface area contributed by atoms with Crippen LogP contribution in [0.2, 0.25) is 0 Å². The molecule has 2 aliphatic heterocycles. The highest BCUT2D eigenvalue weighted by Crippen LogP contribution is 2.41. The lowest BCUT2D eigenvalue weighted by Crippen LogP contribution is -2.57. The van der Waals surface area contributed by atoms with E-state index in [1.54, 1.807) is 6.26 Å². The molecule has 1 aliphatic carbocycles. The number of carbonyl (C=O) groups is 2. The lowest BCUT2D eigenvalue weighted by Gasteiger charge is -2.49. The third-order valence-corrected chi connectivity index (χ3v) is 6.35. The van der Waals surface area contributed by atoms with Gasteiger partial charge in [-0.15, -0.1) is 0 Å². The first kappa shape index (κ1) is 23.6. The Hall–Kier alpha value is -2.07. The Labute approximate surface area is 178 Å². The summed E-state index contributed by atoms with van der Waals surface area (Å²) in [6, 6.07) is 2.23. The first-order valence-electron chi connectivity index (χ1n) is 10.6. The highest BCUT2D eigenvalue weighted by Gasteiger charge is 2.44. The second-order valence-corrected chi connectivity index (χ2v) is 8.67. The molecule has 10 heteroatoms. The van der Waals surface area contributed by atoms with Crippen molar-refractivity contribution < 1.29 is 37.0 Å². The Bertz CT molecular complexity index is 726. The predicted octanol–water partition coefficient (Wildman–Crippen LogP) is 3.20. The van der Waals surface area contributed by atoms with Gasteiger partial charge in [0.15, 0.2) is 0 Å². The molecule has 1 aromatic heterocycles. The van der Waals surface area contributed by atoms with Gasteiger partial charge < -0.3 is 19.6 Å². The van der Waals surface area contributed by atoms with E-state index >= 15 is 0 Å². The monoisotopic (exact) mass is 446 g/mol. The molecule has 1 spiro atoms. The molecule has 0 bridgehead atoms. The van der Waals surface area contributed by atoms with Crippen LogP contribution in [-0.2, 0) is 20.9 Å². The Balaban J connectivity index is 0.000000339. The predicted molar refractivity (Wildman–Crippen MR) is 104 cm³/mol. The van der Waals surface area contributed by atoms with E-state index in [-0.39, 0.29) is 17.4 Å². The summed E-state index contributed by atoms with van der Waals surface area (Å²) in [5.41, 5.74) is 1.47. The number of carboxylic acids is 1. The lowest BCUT2D eigenvalue weighted by atomic mass is 9.69. The van der Waals surface area contributed by atoms with E-state index in [4.69, 9.17) is 19.1 Å². The molecule has 4 rings (SSSR count). The van der Waals surface area contributed by atoms with Crippen LogP contribution in [0.4, 0.5) is 13.2 Å². The van der Waals surface area contributed by atoms with Gasteiger partial charge in [0, 0.05) is 25.1 Å². The van der Waals surface area contributed by atoms with Crippen molar-refractivity contribution in [1.82, 2.24) is 10.2 Å². The van der Waals surface area contributed by atoms with E-state index in [9.17, 15) is 18.0 Å². The number of alkyl halides is 3. The van der Waals surface area contributed by atoms with Crippen molar-refractivity contribution in [1.29, 1.82) is 0 Å². The number of carbonyl (C=O) groups excluding carboxylic acids is 1. The molecule has 174 valence electrons. The van der Waals surface area contributed by atoms with E-state index in [1.807, 2.05) is 12.3 Å². The number of hydrogen-bond donors (Lipinski definition) is 2. The van der Waals surface area contributed by atoms with Crippen LogP contribution in [0.15, 0.2) is 23.0 Å². The lowest BCUT2D eigenvalue weighted by molar-refractivity contribution is -0.192. The molecular formula is C21H29F3N2O5. The van der Waals surface area contributed by atoms with Gasteiger partial charge in [-0.25, -0.2) is 4.79 Å². The van der Waals surface area contributed by atoms with Crippen LogP contribution in [0.1, 0.15) is 44.1 Å². The van der Waals surface area contributed by atoms with E-state index in [0.29, 0.717) is 18.9 Å². The van der Waals surface area contributed by atoms with Gasteiger partial charge in [-0.2, -0.15) is 13.2 Å². The van der Waals surface area contributed by atoms with Gasteiger partial charge >= 0.3 is 12.1 Å². The summed E-state index contributed by atoms with van der Waals surface area (Å²) < 4.78 is 42.6. The zero-order valence-corrected chi connectivity index (χ0v) is 17.3. The molecule has 0 radical (unpaired) electrons. The van der Waals surface area contributed by atoms with Crippen molar-refractivity contribution in [3.63, 3.8) is 0 Å². The highest BCUT2D eigenvalue weighted by molar-refractivity contribution is 5.77. The third-order valence-electron chi connectivity index (χ3n) is 6.35. The Kier molecular flexibility index (Phi) is 7.64. The number of nitrogens with one attached hydrogen (secondary N) is 1. The number of ether oxygens (including phenoxy) is 1. The number of nitrogens with zero attached hydrogens (tertiary/aromatic N) is 1. The van der Waals surface area contributed by atoms with E-state index in [1.165, 1.54) is 18.4 Å². The highest BCUT2D eigenvalue weighted by atomic mass is 19.4. The third kappa shape index (κ3) is 6.96. The van der Waals surface area contributed by atoms with Crippen LogP contribution < -0.4 is 5.32 Å². The van der Waals surface area contributed by atoms with Gasteiger partial charge in [0.25, 0.3) is 0 Å². The van der Waals surface area contributed by atoms with Gasteiger partial charge in [-0.1, -0.05) is 0 Å². The van der Waals surface area contributed by atoms with Gasteiger partial charge in [0.1, 0.15) is 0 Å². The summed E-state index contributed by atoms with van der Waals surface area (Å²) in [6.45, 7) is 4.64. The number of rotatable bonds is 5. The molecule has 7 nitrogen and oxygen atoms in total. The van der Waals surface area contributed by atoms with E-state index in [0.717, 1.165) is 45.5 Å². The maximum atomic E-state index is 12.3. The SMILES string of the molecule is O=C(CC1CC1)NC1COCCC12CCN(Cc1ccoc1)CC2.O=C(O)C(F)(F)F. The van der Waals surface area contributed by atoms with Crippen molar-refractivity contribution in [2.45, 2.75) is 57.3 Å². The number of hydrogen-bond acceptors (Lipinski definition) is 5. The average molecular weight is 446 g/mol. The number of amides is 1. The summed E-state index contributed by atoms with van der Waals surface area (Å²) in [4.78, 5) is 23.7. The van der Waals surface area contributed by atoms with Crippen LogP contribution in [-0.4, -0.2) is 60.4 Å². The standard InChI is InChI=1S/C19H28N2O3.C2HF3O2/c22-18(11-15-1-2-15)20-17-14-24-10-6-19(17)4-7-21(8-5-19)12-16-3-9-23-13-16;3-2(4,5)1(6)7/h3,9,13,15,17H,1-2,4-8,10-12,14H2,(H,20,22);(H,6,7). The summed E-state index contributed by atoms with van der Waals surface area (Å²) in [5.74, 6) is -1.89. The van der Waals surface area contributed by atoms with Crippen LogP contribution in [0.3, 0.4) is 0 Å². The summed E-state index contributed by atoms with van der Waals surface area (Å²) >= 11 is 0. The van der Waals surface area contributed by atoms with Crippen LogP contribution in [0.5, 0.6) is 0 Å². The quantitative estimate of drug-likeness (QED) is 0.722. The minimum atomic E-state index is -5.08. The zero-order valence-electron chi connectivity index (χ0n) is 17.3. The number of carboxylic acid groups (broad SMARTS) is 1. The van der Waals surface area contributed by atoms with Crippen molar-refractivity contribution in [3.05, 3.63) is 24.2 Å². The van der Waals surface area contributed by atoms with E-state index < -0.39 is 12.1 Å². The number of aliphatic carboxylic acids is 1. The van der Waals surface area contributed by atoms with Crippen molar-refractivity contribution in [3.8, 4) is 0 Å². The fourth-order valence-corrected chi connectivity index (χ4v) is 4.26. The molecule has 1 amide bonds. The number of likely N-dealkylation sites (tertiary alicyclic amines) is 1. The minimum absolute atomic E-state index is 0.188. The minimum Gasteiger partial charge on any atom is -0.475 e. The topological polar surface area (TPSA) is 92.0 Å². The van der Waals surface area contributed by atoms with Gasteiger partial charge in [-0.3, -0.25) is 9.69 Å². The van der Waals surface area contributed by atoms with Crippen molar-refractivity contribution in [2.24, 2.45) is 11.3 Å². The van der Waals surface area contributed by atoms with Gasteiger partial charge in [0.2, 0.25) is 5.91 Å². The largest absolute Gasteiger partial charge is 0.490 e. The first-order valence-corrected chi connectivity index (χ1v) is 10.6. The Morgan fingerprint density at radius 3 is 2.45 bits per heavy atom. The zero-order chi connectivity index (χ0) is 22.5. The van der Waals surface area contributed by atoms with Gasteiger partial charge in [0.05, 0.1) is 25.2 Å². The smallest absolute Gasteiger partial charge is 0.475 e. The van der Waals surface area contributed by atoms with Gasteiger partial charge in [-0.05, 0) is 62.6 Å². The molecule has 3 fully saturated rings. The molecule has 1 unspecified atom stereocenters. The molecular weight excluding hydrogens is 417 g/mol. The molecule has 2 saturated heterocycles. The first-order chi connectivity index (χ1) is 14.7. The number of furan rings is 1. The van der Waals surface area contributed by atoms with Crippen LogP contribution in [0, 0.1) is 11.3 Å². The fraction of sp³-hybridized carbons (Fsp3) is 0.714. The molecule has 2 N–H and O–H groups in total. The van der Waals surface area contributed by atoms with Crippen molar-refractivity contribution >= 4 is 11.9 Å². The second-order valence-electron chi connectivity index (χ2n) is 8.67. The molecule has 3 aliphatic rings. The number of halogens is 3. The maximum absolute atomic E-state index is 12.3. The molecule has 3 heterocycles. The Morgan fingerprint density at radius 2 is 1.90 bits per heavy atom. The summed E-state index contributed by atoms with van der Waals surface area (Å²) in [7, 11) is 0. The van der Waals surface area contributed by atoms with Crippen molar-refractivity contribution in [2.75, 3.05) is 26.3 Å². The average Bonchev–Trinajstić information content (AvgIpc) is 3.37. The summed E-state index contributed by atoms with van der Waals surface area (Å²) in [5, 5.41) is 10.4.